The number of halogens is 2. The Morgan fingerprint density at radius 3 is 2.55 bits per heavy atom. The van der Waals surface area contributed by atoms with Crippen LogP contribution in [0.3, 0.4) is 0 Å². The highest BCUT2D eigenvalue weighted by Crippen LogP contribution is 2.24. The first-order valence-electron chi connectivity index (χ1n) is 6.98. The van der Waals surface area contributed by atoms with E-state index in [0.717, 1.165) is 11.1 Å². The fourth-order valence-electron chi connectivity index (χ4n) is 2.28. The van der Waals surface area contributed by atoms with Crippen LogP contribution in [0.1, 0.15) is 24.1 Å². The third-order valence-corrected chi connectivity index (χ3v) is 3.57. The summed E-state index contributed by atoms with van der Waals surface area (Å²) in [6.45, 7) is -0.217. The number of rotatable bonds is 6. The van der Waals surface area contributed by atoms with E-state index >= 15 is 0 Å². The van der Waals surface area contributed by atoms with E-state index in [1.165, 1.54) is 6.07 Å². The molecule has 0 amide bonds. The van der Waals surface area contributed by atoms with Crippen molar-refractivity contribution < 1.29 is 18.6 Å². The molecule has 2 aromatic rings. The molecular formula is C17H19F2NO2. The summed E-state index contributed by atoms with van der Waals surface area (Å²) in [7, 11) is 1.94. The molecule has 0 saturated heterocycles. The van der Waals surface area contributed by atoms with Crippen molar-refractivity contribution in [3.63, 3.8) is 0 Å². The highest BCUT2D eigenvalue weighted by molar-refractivity contribution is 5.30. The minimum Gasteiger partial charge on any atom is -0.508 e. The number of aromatic hydroxyl groups is 1. The molecule has 0 fully saturated rings. The summed E-state index contributed by atoms with van der Waals surface area (Å²) >= 11 is 0. The van der Waals surface area contributed by atoms with Gasteiger partial charge in [-0.3, -0.25) is 4.90 Å². The molecule has 0 bridgehead atoms. The molecule has 0 saturated carbocycles. The molecule has 0 aliphatic heterocycles. The molecule has 22 heavy (non-hydrogen) atoms. The van der Waals surface area contributed by atoms with Crippen LogP contribution >= 0.6 is 0 Å². The summed E-state index contributed by atoms with van der Waals surface area (Å²) < 4.78 is 28.9. The van der Waals surface area contributed by atoms with Gasteiger partial charge < -0.3 is 9.84 Å². The van der Waals surface area contributed by atoms with Crippen molar-refractivity contribution in [1.82, 2.24) is 4.90 Å². The Morgan fingerprint density at radius 1 is 1.14 bits per heavy atom. The maximum absolute atomic E-state index is 12.2. The SMILES string of the molecule is CC(c1cccc(O)c1)N(C)Cc1cccc(OC(F)F)c1. The lowest BCUT2D eigenvalue weighted by atomic mass is 10.1. The number of ether oxygens (including phenoxy) is 1. The van der Waals surface area contributed by atoms with Crippen molar-refractivity contribution in [3.8, 4) is 11.5 Å². The van der Waals surface area contributed by atoms with Gasteiger partial charge in [0.1, 0.15) is 11.5 Å². The van der Waals surface area contributed by atoms with Gasteiger partial charge in [0.15, 0.2) is 0 Å². The molecule has 1 unspecified atom stereocenters. The zero-order chi connectivity index (χ0) is 16.1. The van der Waals surface area contributed by atoms with Gasteiger partial charge in [0.2, 0.25) is 0 Å². The number of alkyl halides is 2. The Morgan fingerprint density at radius 2 is 1.86 bits per heavy atom. The van der Waals surface area contributed by atoms with Crippen LogP contribution in [0.2, 0.25) is 0 Å². The third kappa shape index (κ3) is 4.43. The molecule has 3 nitrogen and oxygen atoms in total. The van der Waals surface area contributed by atoms with Gasteiger partial charge in [0.25, 0.3) is 0 Å². The van der Waals surface area contributed by atoms with E-state index in [1.54, 1.807) is 30.3 Å². The van der Waals surface area contributed by atoms with Gasteiger partial charge >= 0.3 is 6.61 Å². The van der Waals surface area contributed by atoms with Crippen LogP contribution in [-0.2, 0) is 6.54 Å². The smallest absolute Gasteiger partial charge is 0.387 e. The molecule has 0 radical (unpaired) electrons. The topological polar surface area (TPSA) is 32.7 Å². The van der Waals surface area contributed by atoms with E-state index in [1.807, 2.05) is 26.1 Å². The lowest BCUT2D eigenvalue weighted by Gasteiger charge is -2.25. The van der Waals surface area contributed by atoms with Crippen molar-refractivity contribution in [2.24, 2.45) is 0 Å². The second kappa shape index (κ2) is 7.22. The summed E-state index contributed by atoms with van der Waals surface area (Å²) in [4.78, 5) is 2.07. The van der Waals surface area contributed by atoms with Crippen LogP contribution in [-0.4, -0.2) is 23.7 Å². The number of hydrogen-bond donors (Lipinski definition) is 1. The van der Waals surface area contributed by atoms with Crippen LogP contribution in [0.5, 0.6) is 11.5 Å². The summed E-state index contributed by atoms with van der Waals surface area (Å²) in [5, 5.41) is 9.55. The van der Waals surface area contributed by atoms with Crippen LogP contribution < -0.4 is 4.74 Å². The van der Waals surface area contributed by atoms with Crippen LogP contribution in [0, 0.1) is 0 Å². The van der Waals surface area contributed by atoms with Crippen molar-refractivity contribution in [1.29, 1.82) is 0 Å². The van der Waals surface area contributed by atoms with Gasteiger partial charge in [-0.15, -0.1) is 0 Å². The van der Waals surface area contributed by atoms with Crippen LogP contribution in [0.4, 0.5) is 8.78 Å². The molecule has 118 valence electrons. The predicted octanol–water partition coefficient (Wildman–Crippen LogP) is 4.19. The average molecular weight is 307 g/mol. The second-order valence-corrected chi connectivity index (χ2v) is 5.21. The number of phenolic OH excluding ortho intramolecular Hbond substituents is 1. The summed E-state index contributed by atoms with van der Waals surface area (Å²) in [5.74, 6) is 0.385. The minimum absolute atomic E-state index is 0.0757. The van der Waals surface area contributed by atoms with E-state index in [-0.39, 0.29) is 17.5 Å². The molecular weight excluding hydrogens is 288 g/mol. The fraction of sp³-hybridized carbons (Fsp3) is 0.294. The minimum atomic E-state index is -2.82. The second-order valence-electron chi connectivity index (χ2n) is 5.21. The number of phenols is 1. The van der Waals surface area contributed by atoms with Gasteiger partial charge in [-0.05, 0) is 49.4 Å². The Kier molecular flexibility index (Phi) is 5.33. The highest BCUT2D eigenvalue weighted by atomic mass is 19.3. The normalized spacial score (nSPS) is 12.6. The molecule has 0 aromatic heterocycles. The lowest BCUT2D eigenvalue weighted by Crippen LogP contribution is -2.21. The first kappa shape index (κ1) is 16.2. The van der Waals surface area contributed by atoms with Crippen LogP contribution in [0.25, 0.3) is 0 Å². The lowest BCUT2D eigenvalue weighted by molar-refractivity contribution is -0.0499. The fourth-order valence-corrected chi connectivity index (χ4v) is 2.28. The van der Waals surface area contributed by atoms with E-state index in [2.05, 4.69) is 9.64 Å². The molecule has 1 atom stereocenters. The number of nitrogens with zero attached hydrogens (tertiary/aromatic N) is 1. The largest absolute Gasteiger partial charge is 0.508 e. The predicted molar refractivity (Wildman–Crippen MR) is 81.1 cm³/mol. The average Bonchev–Trinajstić information content (AvgIpc) is 2.46. The summed E-state index contributed by atoms with van der Waals surface area (Å²) in [5.41, 5.74) is 1.87. The first-order chi connectivity index (χ1) is 10.5. The van der Waals surface area contributed by atoms with Gasteiger partial charge in [0, 0.05) is 12.6 Å². The molecule has 2 aromatic carbocycles. The Labute approximate surface area is 128 Å². The van der Waals surface area contributed by atoms with Crippen molar-refractivity contribution in [2.75, 3.05) is 7.05 Å². The van der Waals surface area contributed by atoms with Crippen molar-refractivity contribution >= 4 is 0 Å². The van der Waals surface area contributed by atoms with Crippen molar-refractivity contribution in [3.05, 3.63) is 59.7 Å². The first-order valence-corrected chi connectivity index (χ1v) is 6.98. The standard InChI is InChI=1S/C17H19F2NO2/c1-12(14-6-4-7-15(21)10-14)20(2)11-13-5-3-8-16(9-13)22-17(18)19/h3-10,12,17,21H,11H2,1-2H3. The third-order valence-electron chi connectivity index (χ3n) is 3.57. The van der Waals surface area contributed by atoms with E-state index in [4.69, 9.17) is 0 Å². The number of hydrogen-bond acceptors (Lipinski definition) is 3. The van der Waals surface area contributed by atoms with Gasteiger partial charge in [-0.25, -0.2) is 0 Å². The molecule has 2 rings (SSSR count). The summed E-state index contributed by atoms with van der Waals surface area (Å²) in [6, 6.07) is 13.8. The zero-order valence-electron chi connectivity index (χ0n) is 12.5. The molecule has 0 heterocycles. The van der Waals surface area contributed by atoms with Gasteiger partial charge in [-0.1, -0.05) is 24.3 Å². The van der Waals surface area contributed by atoms with Gasteiger partial charge in [-0.2, -0.15) is 8.78 Å². The van der Waals surface area contributed by atoms with Crippen molar-refractivity contribution in [2.45, 2.75) is 26.1 Å². The van der Waals surface area contributed by atoms with Crippen LogP contribution in [0.15, 0.2) is 48.5 Å². The molecule has 0 aliphatic rings. The quantitative estimate of drug-likeness (QED) is 0.868. The Bertz CT molecular complexity index is 619. The molecule has 0 spiro atoms. The molecule has 0 aliphatic carbocycles. The zero-order valence-corrected chi connectivity index (χ0v) is 12.5. The highest BCUT2D eigenvalue weighted by Gasteiger charge is 2.13. The Balaban J connectivity index is 2.06. The number of benzene rings is 2. The maximum atomic E-state index is 12.2. The molecule has 5 heteroatoms. The maximum Gasteiger partial charge on any atom is 0.387 e. The van der Waals surface area contributed by atoms with E-state index in [0.29, 0.717) is 6.54 Å². The molecule has 1 N–H and O–H groups in total. The van der Waals surface area contributed by atoms with E-state index in [9.17, 15) is 13.9 Å². The van der Waals surface area contributed by atoms with E-state index < -0.39 is 6.61 Å². The summed E-state index contributed by atoms with van der Waals surface area (Å²) in [6.07, 6.45) is 0. The van der Waals surface area contributed by atoms with Gasteiger partial charge in [0.05, 0.1) is 0 Å². The Hall–Kier alpha value is -2.14. The monoisotopic (exact) mass is 307 g/mol.